The van der Waals surface area contributed by atoms with E-state index in [9.17, 15) is 19.7 Å². The lowest BCUT2D eigenvalue weighted by Gasteiger charge is -2.16. The average Bonchev–Trinajstić information content (AvgIpc) is 3.39. The normalized spacial score (nSPS) is 12.5. The summed E-state index contributed by atoms with van der Waals surface area (Å²) in [4.78, 5) is 41.3. The quantitative estimate of drug-likeness (QED) is 0.488. The molecular formula is C21H18N4O4S. The van der Waals surface area contributed by atoms with Crippen LogP contribution in [0, 0.1) is 10.1 Å². The second-order valence-corrected chi connectivity index (χ2v) is 7.65. The fourth-order valence-electron chi connectivity index (χ4n) is 3.40. The van der Waals surface area contributed by atoms with Gasteiger partial charge in [0.25, 0.3) is 11.6 Å². The Morgan fingerprint density at radius 3 is 2.87 bits per heavy atom. The van der Waals surface area contributed by atoms with E-state index in [0.717, 1.165) is 17.7 Å². The van der Waals surface area contributed by atoms with Gasteiger partial charge < -0.3 is 4.90 Å². The van der Waals surface area contributed by atoms with Gasteiger partial charge in [0, 0.05) is 47.3 Å². The molecule has 0 radical (unpaired) electrons. The summed E-state index contributed by atoms with van der Waals surface area (Å²) >= 11 is 1.25. The molecule has 0 bridgehead atoms. The lowest BCUT2D eigenvalue weighted by atomic mass is 10.1. The first-order valence-electron chi connectivity index (χ1n) is 9.41. The molecule has 2 aromatic carbocycles. The number of nitro benzene ring substituents is 1. The Bertz CT molecular complexity index is 1160. The van der Waals surface area contributed by atoms with Gasteiger partial charge in [-0.1, -0.05) is 19.1 Å². The maximum absolute atomic E-state index is 12.7. The van der Waals surface area contributed by atoms with Gasteiger partial charge in [0.15, 0.2) is 5.13 Å². The van der Waals surface area contributed by atoms with Crippen LogP contribution < -0.4 is 10.2 Å². The number of amides is 2. The van der Waals surface area contributed by atoms with Crippen molar-refractivity contribution in [3.05, 3.63) is 69.1 Å². The summed E-state index contributed by atoms with van der Waals surface area (Å²) in [6.07, 6.45) is 1.16. The zero-order valence-electron chi connectivity index (χ0n) is 16.1. The second-order valence-electron chi connectivity index (χ2n) is 6.79. The number of anilines is 2. The molecule has 0 saturated carbocycles. The summed E-state index contributed by atoms with van der Waals surface area (Å²) in [7, 11) is 0. The lowest BCUT2D eigenvalue weighted by molar-refractivity contribution is -0.384. The number of hydrogen-bond acceptors (Lipinski definition) is 6. The van der Waals surface area contributed by atoms with Gasteiger partial charge in [-0.25, -0.2) is 4.98 Å². The molecule has 30 heavy (non-hydrogen) atoms. The number of nitrogens with one attached hydrogen (secondary N) is 1. The van der Waals surface area contributed by atoms with Gasteiger partial charge in [-0.2, -0.15) is 0 Å². The van der Waals surface area contributed by atoms with Crippen molar-refractivity contribution in [2.45, 2.75) is 19.8 Å². The standard InChI is InChI=1S/C21H18N4O4S/c1-2-19(26)24-9-8-14-10-15(6-7-18(14)24)20(27)23-21-22-17(12-30-21)13-4-3-5-16(11-13)25(28)29/h3-7,10-12H,2,8-9H2,1H3,(H,22,23,27). The number of benzene rings is 2. The van der Waals surface area contributed by atoms with Gasteiger partial charge in [-0.15, -0.1) is 11.3 Å². The first kappa shape index (κ1) is 19.7. The summed E-state index contributed by atoms with van der Waals surface area (Å²) in [6, 6.07) is 11.5. The molecule has 0 saturated heterocycles. The minimum Gasteiger partial charge on any atom is -0.312 e. The van der Waals surface area contributed by atoms with Crippen molar-refractivity contribution in [1.29, 1.82) is 0 Å². The number of non-ortho nitro benzene ring substituents is 1. The van der Waals surface area contributed by atoms with E-state index in [0.29, 0.717) is 34.9 Å². The minimum absolute atomic E-state index is 0.0141. The monoisotopic (exact) mass is 422 g/mol. The third kappa shape index (κ3) is 3.79. The second kappa shape index (κ2) is 8.03. The van der Waals surface area contributed by atoms with Crippen LogP contribution in [0.4, 0.5) is 16.5 Å². The van der Waals surface area contributed by atoms with Gasteiger partial charge in [-0.3, -0.25) is 25.0 Å². The third-order valence-electron chi connectivity index (χ3n) is 4.92. The number of hydrogen-bond donors (Lipinski definition) is 1. The van der Waals surface area contributed by atoms with Crippen molar-refractivity contribution < 1.29 is 14.5 Å². The van der Waals surface area contributed by atoms with Gasteiger partial charge in [0.05, 0.1) is 10.6 Å². The van der Waals surface area contributed by atoms with E-state index in [2.05, 4.69) is 10.3 Å². The van der Waals surface area contributed by atoms with Gasteiger partial charge >= 0.3 is 0 Å². The molecule has 1 N–H and O–H groups in total. The van der Waals surface area contributed by atoms with Crippen LogP contribution in [0.15, 0.2) is 47.8 Å². The maximum atomic E-state index is 12.7. The number of rotatable bonds is 5. The van der Waals surface area contributed by atoms with Crippen molar-refractivity contribution in [2.24, 2.45) is 0 Å². The lowest BCUT2D eigenvalue weighted by Crippen LogP contribution is -2.27. The van der Waals surface area contributed by atoms with Crippen LogP contribution in [-0.2, 0) is 11.2 Å². The molecule has 1 aromatic heterocycles. The topological polar surface area (TPSA) is 105 Å². The van der Waals surface area contributed by atoms with Crippen LogP contribution in [0.25, 0.3) is 11.3 Å². The molecule has 0 fully saturated rings. The smallest absolute Gasteiger partial charge is 0.270 e. The molecule has 0 aliphatic carbocycles. The number of fused-ring (bicyclic) bond motifs is 1. The van der Waals surface area contributed by atoms with Crippen LogP contribution in [0.3, 0.4) is 0 Å². The summed E-state index contributed by atoms with van der Waals surface area (Å²) in [5.74, 6) is -0.222. The third-order valence-corrected chi connectivity index (χ3v) is 5.68. The number of carbonyl (C=O) groups is 2. The highest BCUT2D eigenvalue weighted by Crippen LogP contribution is 2.31. The van der Waals surface area contributed by atoms with E-state index in [1.54, 1.807) is 34.5 Å². The van der Waals surface area contributed by atoms with E-state index < -0.39 is 4.92 Å². The fourth-order valence-corrected chi connectivity index (χ4v) is 4.12. The Hall–Kier alpha value is -3.59. The highest BCUT2D eigenvalue weighted by Gasteiger charge is 2.24. The van der Waals surface area contributed by atoms with Crippen molar-refractivity contribution in [3.8, 4) is 11.3 Å². The SMILES string of the molecule is CCC(=O)N1CCc2cc(C(=O)Nc3nc(-c4cccc([N+](=O)[O-])c4)cs3)ccc21. The zero-order chi connectivity index (χ0) is 21.3. The van der Waals surface area contributed by atoms with Crippen LogP contribution >= 0.6 is 11.3 Å². The van der Waals surface area contributed by atoms with E-state index in [4.69, 9.17) is 0 Å². The van der Waals surface area contributed by atoms with Crippen molar-refractivity contribution >= 4 is 39.7 Å². The molecule has 8 nitrogen and oxygen atoms in total. The average molecular weight is 422 g/mol. The van der Waals surface area contributed by atoms with Crippen LogP contribution in [0.2, 0.25) is 0 Å². The predicted molar refractivity (Wildman–Crippen MR) is 115 cm³/mol. The Labute approximate surface area is 176 Å². The zero-order valence-corrected chi connectivity index (χ0v) is 16.9. The highest BCUT2D eigenvalue weighted by atomic mass is 32.1. The molecule has 1 aliphatic heterocycles. The highest BCUT2D eigenvalue weighted by molar-refractivity contribution is 7.14. The Morgan fingerprint density at radius 2 is 2.10 bits per heavy atom. The molecule has 152 valence electrons. The Kier molecular flexibility index (Phi) is 5.28. The van der Waals surface area contributed by atoms with Crippen molar-refractivity contribution in [1.82, 2.24) is 4.98 Å². The maximum Gasteiger partial charge on any atom is 0.270 e. The molecule has 0 atom stereocenters. The summed E-state index contributed by atoms with van der Waals surface area (Å²) in [6.45, 7) is 2.46. The molecule has 9 heteroatoms. The number of thiazole rings is 1. The number of nitro groups is 1. The fraction of sp³-hybridized carbons (Fsp3) is 0.190. The van der Waals surface area contributed by atoms with Crippen molar-refractivity contribution in [2.75, 3.05) is 16.8 Å². The van der Waals surface area contributed by atoms with E-state index >= 15 is 0 Å². The predicted octanol–water partition coefficient (Wildman–Crippen LogP) is 4.27. The molecule has 2 amide bonds. The molecule has 0 spiro atoms. The van der Waals surface area contributed by atoms with E-state index in [-0.39, 0.29) is 17.5 Å². The molecule has 2 heterocycles. The summed E-state index contributed by atoms with van der Waals surface area (Å²) < 4.78 is 0. The number of nitrogens with zero attached hydrogens (tertiary/aromatic N) is 3. The molecule has 0 unspecified atom stereocenters. The summed E-state index contributed by atoms with van der Waals surface area (Å²) in [5, 5.41) is 15.9. The van der Waals surface area contributed by atoms with Crippen molar-refractivity contribution in [3.63, 3.8) is 0 Å². The summed E-state index contributed by atoms with van der Waals surface area (Å²) in [5.41, 5.74) is 3.48. The van der Waals surface area contributed by atoms with Crippen LogP contribution in [-0.4, -0.2) is 28.3 Å². The number of carbonyl (C=O) groups excluding carboxylic acids is 2. The van der Waals surface area contributed by atoms with Gasteiger partial charge in [0.1, 0.15) is 0 Å². The molecular weight excluding hydrogens is 404 g/mol. The molecule has 1 aliphatic rings. The molecule has 4 rings (SSSR count). The van der Waals surface area contributed by atoms with Crippen LogP contribution in [0.1, 0.15) is 29.3 Å². The van der Waals surface area contributed by atoms with E-state index in [1.165, 1.54) is 23.5 Å². The van der Waals surface area contributed by atoms with E-state index in [1.807, 2.05) is 13.0 Å². The largest absolute Gasteiger partial charge is 0.312 e. The first-order valence-corrected chi connectivity index (χ1v) is 10.3. The van der Waals surface area contributed by atoms with Gasteiger partial charge in [0.2, 0.25) is 5.91 Å². The van der Waals surface area contributed by atoms with Gasteiger partial charge in [-0.05, 0) is 30.2 Å². The minimum atomic E-state index is -0.457. The Morgan fingerprint density at radius 1 is 1.27 bits per heavy atom. The number of aromatic nitrogens is 1. The Balaban J connectivity index is 1.50. The van der Waals surface area contributed by atoms with Crippen LogP contribution in [0.5, 0.6) is 0 Å². The molecule has 3 aromatic rings. The first-order chi connectivity index (χ1) is 14.5.